The van der Waals surface area contributed by atoms with Crippen LogP contribution in [0.5, 0.6) is 0 Å². The van der Waals surface area contributed by atoms with Gasteiger partial charge in [-0.1, -0.05) is 17.7 Å². The fourth-order valence-electron chi connectivity index (χ4n) is 3.03. The summed E-state index contributed by atoms with van der Waals surface area (Å²) in [5, 5.41) is 4.22. The van der Waals surface area contributed by atoms with Crippen molar-refractivity contribution >= 4 is 47.2 Å². The van der Waals surface area contributed by atoms with Crippen molar-refractivity contribution < 1.29 is 9.47 Å². The molecule has 2 rings (SSSR count). The van der Waals surface area contributed by atoms with Crippen LogP contribution in [0.1, 0.15) is 12.0 Å². The molecule has 1 aromatic carbocycles. The number of aliphatic imine (C=N–C) groups is 1. The van der Waals surface area contributed by atoms with Crippen molar-refractivity contribution in [3.63, 3.8) is 0 Å². The van der Waals surface area contributed by atoms with Gasteiger partial charge in [0.25, 0.3) is 0 Å². The lowest BCUT2D eigenvalue weighted by Gasteiger charge is -2.38. The number of piperazine rings is 1. The number of benzene rings is 1. The van der Waals surface area contributed by atoms with Crippen LogP contribution in [0, 0.1) is 6.92 Å². The first kappa shape index (κ1) is 24.3. The fraction of sp³-hybridized carbons (Fsp3) is 0.632. The van der Waals surface area contributed by atoms with E-state index in [1.807, 2.05) is 13.1 Å². The Hall–Kier alpha value is -0.770. The third-order valence-corrected chi connectivity index (χ3v) is 4.72. The second kappa shape index (κ2) is 13.4. The van der Waals surface area contributed by atoms with Gasteiger partial charge in [0.15, 0.2) is 5.96 Å². The van der Waals surface area contributed by atoms with Gasteiger partial charge in [-0.05, 0) is 31.0 Å². The molecule has 1 saturated heterocycles. The number of anilines is 1. The average Bonchev–Trinajstić information content (AvgIpc) is 2.66. The highest BCUT2D eigenvalue weighted by Crippen LogP contribution is 2.25. The lowest BCUT2D eigenvalue weighted by molar-refractivity contribution is 0.0698. The number of hydrogen-bond donors (Lipinski definition) is 1. The molecule has 6 nitrogen and oxygen atoms in total. The van der Waals surface area contributed by atoms with E-state index >= 15 is 0 Å². The molecule has 0 saturated carbocycles. The van der Waals surface area contributed by atoms with Crippen LogP contribution in [-0.4, -0.2) is 77.6 Å². The summed E-state index contributed by atoms with van der Waals surface area (Å²) in [4.78, 5) is 9.12. The van der Waals surface area contributed by atoms with Gasteiger partial charge in [-0.2, -0.15) is 0 Å². The number of methoxy groups -OCH3 is 1. The second-order valence-corrected chi connectivity index (χ2v) is 6.77. The molecule has 0 amide bonds. The van der Waals surface area contributed by atoms with Gasteiger partial charge in [0.1, 0.15) is 0 Å². The van der Waals surface area contributed by atoms with Gasteiger partial charge in [-0.25, -0.2) is 0 Å². The molecule has 0 aromatic heterocycles. The first-order chi connectivity index (χ1) is 12.7. The Bertz CT molecular complexity index is 581. The Balaban J connectivity index is 0.00000364. The number of halogens is 2. The molecule has 0 spiro atoms. The summed E-state index contributed by atoms with van der Waals surface area (Å²) in [5.74, 6) is 0.962. The monoisotopic (exact) mass is 510 g/mol. The number of rotatable bonds is 8. The standard InChI is InChI=1S/C19H31ClN4O2.HI/c1-16-5-6-17(20)15-18(16)23-8-10-24(11-9-23)19(21-2)22-7-4-12-26-14-13-25-3;/h5-6,15H,4,7-14H2,1-3H3,(H,21,22);1H. The summed E-state index contributed by atoms with van der Waals surface area (Å²) in [5.41, 5.74) is 2.49. The van der Waals surface area contributed by atoms with Gasteiger partial charge < -0.3 is 24.6 Å². The molecule has 1 aliphatic heterocycles. The zero-order valence-corrected chi connectivity index (χ0v) is 19.6. The van der Waals surface area contributed by atoms with Crippen molar-refractivity contribution in [1.29, 1.82) is 0 Å². The number of guanidine groups is 1. The first-order valence-corrected chi connectivity index (χ1v) is 9.57. The van der Waals surface area contributed by atoms with Gasteiger partial charge in [-0.15, -0.1) is 24.0 Å². The van der Waals surface area contributed by atoms with Gasteiger partial charge >= 0.3 is 0 Å². The minimum absolute atomic E-state index is 0. The fourth-order valence-corrected chi connectivity index (χ4v) is 3.20. The van der Waals surface area contributed by atoms with E-state index < -0.39 is 0 Å². The molecule has 0 atom stereocenters. The minimum Gasteiger partial charge on any atom is -0.382 e. The molecular formula is C19H32ClIN4O2. The van der Waals surface area contributed by atoms with Crippen LogP contribution in [0.4, 0.5) is 5.69 Å². The van der Waals surface area contributed by atoms with Crippen molar-refractivity contribution in [2.24, 2.45) is 4.99 Å². The van der Waals surface area contributed by atoms with Gasteiger partial charge in [0.2, 0.25) is 0 Å². The molecule has 1 fully saturated rings. The summed E-state index contributed by atoms with van der Waals surface area (Å²) < 4.78 is 10.4. The third-order valence-electron chi connectivity index (χ3n) is 4.48. The van der Waals surface area contributed by atoms with Crippen molar-refractivity contribution in [1.82, 2.24) is 10.2 Å². The maximum absolute atomic E-state index is 6.17. The predicted octanol–water partition coefficient (Wildman–Crippen LogP) is 3.02. The van der Waals surface area contributed by atoms with E-state index in [0.717, 1.165) is 56.7 Å². The molecular weight excluding hydrogens is 479 g/mol. The minimum atomic E-state index is 0. The average molecular weight is 511 g/mol. The van der Waals surface area contributed by atoms with Crippen LogP contribution in [0.15, 0.2) is 23.2 Å². The second-order valence-electron chi connectivity index (χ2n) is 6.34. The number of nitrogens with one attached hydrogen (secondary N) is 1. The van der Waals surface area contributed by atoms with Crippen LogP contribution in [-0.2, 0) is 9.47 Å². The van der Waals surface area contributed by atoms with E-state index in [0.29, 0.717) is 13.2 Å². The summed E-state index contributed by atoms with van der Waals surface area (Å²) in [6.45, 7) is 8.81. The molecule has 1 aliphatic rings. The van der Waals surface area contributed by atoms with Crippen LogP contribution in [0.25, 0.3) is 0 Å². The molecule has 1 N–H and O–H groups in total. The Morgan fingerprint density at radius 2 is 1.93 bits per heavy atom. The Morgan fingerprint density at radius 3 is 2.59 bits per heavy atom. The Morgan fingerprint density at radius 1 is 1.19 bits per heavy atom. The number of hydrogen-bond acceptors (Lipinski definition) is 4. The first-order valence-electron chi connectivity index (χ1n) is 9.19. The number of nitrogens with zero attached hydrogens (tertiary/aromatic N) is 3. The summed E-state index contributed by atoms with van der Waals surface area (Å²) >= 11 is 6.17. The molecule has 8 heteroatoms. The summed E-state index contributed by atoms with van der Waals surface area (Å²) in [7, 11) is 3.52. The maximum Gasteiger partial charge on any atom is 0.193 e. The molecule has 154 valence electrons. The zero-order chi connectivity index (χ0) is 18.8. The highest BCUT2D eigenvalue weighted by molar-refractivity contribution is 14.0. The molecule has 0 aliphatic carbocycles. The van der Waals surface area contributed by atoms with Crippen molar-refractivity contribution in [2.75, 3.05) is 71.6 Å². The number of ether oxygens (including phenoxy) is 2. The SMILES string of the molecule is CN=C(NCCCOCCOC)N1CCN(c2cc(Cl)ccc2C)CC1.I. The van der Waals surface area contributed by atoms with Crippen LogP contribution in [0.3, 0.4) is 0 Å². The highest BCUT2D eigenvalue weighted by Gasteiger charge is 2.20. The summed E-state index contributed by atoms with van der Waals surface area (Å²) in [6.07, 6.45) is 0.949. The normalized spacial score (nSPS) is 14.9. The lowest BCUT2D eigenvalue weighted by Crippen LogP contribution is -2.52. The molecule has 0 radical (unpaired) electrons. The van der Waals surface area contributed by atoms with E-state index in [1.54, 1.807) is 7.11 Å². The number of aryl methyl sites for hydroxylation is 1. The van der Waals surface area contributed by atoms with Crippen molar-refractivity contribution in [2.45, 2.75) is 13.3 Å². The predicted molar refractivity (Wildman–Crippen MR) is 124 cm³/mol. The van der Waals surface area contributed by atoms with Crippen LogP contribution < -0.4 is 10.2 Å². The largest absolute Gasteiger partial charge is 0.382 e. The smallest absolute Gasteiger partial charge is 0.193 e. The Labute approximate surface area is 185 Å². The molecule has 0 bridgehead atoms. The zero-order valence-electron chi connectivity index (χ0n) is 16.5. The molecule has 1 heterocycles. The van der Waals surface area contributed by atoms with Crippen molar-refractivity contribution in [3.05, 3.63) is 28.8 Å². The molecule has 1 aromatic rings. The van der Waals surface area contributed by atoms with Crippen molar-refractivity contribution in [3.8, 4) is 0 Å². The van der Waals surface area contributed by atoms with Crippen LogP contribution >= 0.6 is 35.6 Å². The van der Waals surface area contributed by atoms with Gasteiger partial charge in [-0.3, -0.25) is 4.99 Å². The van der Waals surface area contributed by atoms with Gasteiger partial charge in [0, 0.05) is 64.2 Å². The Kier molecular flexibility index (Phi) is 12.1. The topological polar surface area (TPSA) is 49.3 Å². The lowest BCUT2D eigenvalue weighted by atomic mass is 10.1. The van der Waals surface area contributed by atoms with Gasteiger partial charge in [0.05, 0.1) is 13.2 Å². The quantitative estimate of drug-likeness (QED) is 0.252. The molecule has 27 heavy (non-hydrogen) atoms. The van der Waals surface area contributed by atoms with E-state index in [2.05, 4.69) is 39.2 Å². The summed E-state index contributed by atoms with van der Waals surface area (Å²) in [6, 6.07) is 6.09. The highest BCUT2D eigenvalue weighted by atomic mass is 127. The van der Waals surface area contributed by atoms with E-state index in [-0.39, 0.29) is 24.0 Å². The van der Waals surface area contributed by atoms with E-state index in [9.17, 15) is 0 Å². The van der Waals surface area contributed by atoms with Crippen LogP contribution in [0.2, 0.25) is 5.02 Å². The molecule has 0 unspecified atom stereocenters. The van der Waals surface area contributed by atoms with E-state index in [1.165, 1.54) is 11.3 Å². The van der Waals surface area contributed by atoms with E-state index in [4.69, 9.17) is 21.1 Å². The third kappa shape index (κ3) is 8.01. The maximum atomic E-state index is 6.17.